The van der Waals surface area contributed by atoms with Crippen LogP contribution in [0.15, 0.2) is 0 Å². The molecule has 105 heavy (non-hydrogen) atoms. The van der Waals surface area contributed by atoms with Gasteiger partial charge in [0.05, 0.1) is 18.6 Å². The number of carboxylic acid groups (broad SMARTS) is 1. The van der Waals surface area contributed by atoms with E-state index in [9.17, 15) is 53.4 Å². The van der Waals surface area contributed by atoms with Crippen LogP contribution in [0.3, 0.4) is 0 Å². The Labute approximate surface area is 642 Å². The van der Waals surface area contributed by atoms with Gasteiger partial charge in [0.15, 0.2) is 11.6 Å². The molecule has 0 saturated heterocycles. The second-order valence-electron chi connectivity index (χ2n) is 30.3. The van der Waals surface area contributed by atoms with E-state index in [0.29, 0.717) is 96.8 Å². The summed E-state index contributed by atoms with van der Waals surface area (Å²) in [5, 5.41) is 29.1. The minimum atomic E-state index is -1.46. The third-order valence-electron chi connectivity index (χ3n) is 20.5. The average molecular weight is 1510 g/mol. The number of carbonyl (C=O) groups is 9. The summed E-state index contributed by atoms with van der Waals surface area (Å²) in [7, 11) is 0. The van der Waals surface area contributed by atoms with Crippen molar-refractivity contribution in [2.75, 3.05) is 50.9 Å². The Morgan fingerprint density at radius 1 is 0.343 bits per heavy atom. The molecule has 0 fully saturated rings. The quantitative estimate of drug-likeness (QED) is 0.0202. The van der Waals surface area contributed by atoms with Gasteiger partial charge < -0.3 is 58.6 Å². The van der Waals surface area contributed by atoms with Gasteiger partial charge in [0.1, 0.15) is 30.6 Å². The molecule has 0 saturated carbocycles. The fourth-order valence-corrected chi connectivity index (χ4v) is 14.7. The molecule has 0 spiro atoms. The number of aliphatic hydroxyl groups is 1. The Kier molecular flexibility index (Phi) is 71.3. The first-order valence-electron chi connectivity index (χ1n) is 43.1. The number of amides is 3. The third kappa shape index (κ3) is 60.5. The van der Waals surface area contributed by atoms with Crippen LogP contribution in [0.1, 0.15) is 387 Å². The lowest BCUT2D eigenvalue weighted by molar-refractivity contribution is -0.157. The van der Waals surface area contributed by atoms with Gasteiger partial charge in [-0.3, -0.25) is 38.4 Å². The van der Waals surface area contributed by atoms with Crippen molar-refractivity contribution in [3.63, 3.8) is 0 Å². The molecular formula is C84H159N7O13S. The number of esters is 2. The van der Waals surface area contributed by atoms with E-state index in [1.54, 1.807) is 0 Å². The number of carbonyl (C=O) groups excluding carboxylic acids is 8. The standard InChI is InChI=1S/C84H159N7O13S/c1-4-7-10-13-16-19-22-25-28-31-34-37-40-53-72(93)62-71(67-105-68-73(104-80(97)57-42-39-36-33-30-27-24-21-18-15-12-9-6-3)66-103-79(96)56-41-38-35-32-29-26-23-20-17-14-11-8-5-2)83(100)91-76(65-92)78(95)64-70(52-44-48-59-86)81(98)89-74(54-45-49-60-87)77(94)63-69(51-43-47-58-85)82(99)90-75(84(101)102)55-46-50-61-88/h69-71,73-76,92H,4-68,85-88H2,1-3H3,(H,89,98)(H,90,99)(H,91,100)(H,101,102)/t69-,70-,71+,73+,74+,75+,76+/m1/s1. The molecule has 0 aliphatic carbocycles. The van der Waals surface area contributed by atoms with E-state index in [1.807, 2.05) is 0 Å². The molecule has 0 rings (SSSR count). The number of ketones is 3. The summed E-state index contributed by atoms with van der Waals surface area (Å²) in [6.07, 6.45) is 49.4. The van der Waals surface area contributed by atoms with E-state index in [4.69, 9.17) is 32.4 Å². The maximum atomic E-state index is 14.6. The molecule has 0 aromatic heterocycles. The Bertz CT molecular complexity index is 2160. The molecule has 20 nitrogen and oxygen atoms in total. The van der Waals surface area contributed by atoms with Gasteiger partial charge in [-0.15, -0.1) is 0 Å². The summed E-state index contributed by atoms with van der Waals surface area (Å²) < 4.78 is 11.8. The zero-order chi connectivity index (χ0) is 77.4. The zero-order valence-corrected chi connectivity index (χ0v) is 67.9. The van der Waals surface area contributed by atoms with Gasteiger partial charge in [0.25, 0.3) is 0 Å². The van der Waals surface area contributed by atoms with Crippen LogP contribution in [0.25, 0.3) is 0 Å². The number of hydrogen-bond acceptors (Lipinski definition) is 17. The molecule has 0 aromatic rings. The maximum absolute atomic E-state index is 14.6. The largest absolute Gasteiger partial charge is 0.480 e. The predicted molar refractivity (Wildman–Crippen MR) is 431 cm³/mol. The van der Waals surface area contributed by atoms with Crippen LogP contribution in [-0.2, 0) is 52.6 Å². The van der Waals surface area contributed by atoms with Crippen molar-refractivity contribution in [1.29, 1.82) is 0 Å². The number of carboxylic acids is 1. The number of ether oxygens (including phenoxy) is 2. The lowest BCUT2D eigenvalue weighted by Crippen LogP contribution is -2.49. The Morgan fingerprint density at radius 3 is 1.03 bits per heavy atom. The van der Waals surface area contributed by atoms with Crippen molar-refractivity contribution in [1.82, 2.24) is 16.0 Å². The highest BCUT2D eigenvalue weighted by Gasteiger charge is 2.34. The summed E-state index contributed by atoms with van der Waals surface area (Å²) in [4.78, 5) is 125. The molecule has 0 radical (unpaired) electrons. The number of thioether (sulfide) groups is 1. The van der Waals surface area contributed by atoms with Gasteiger partial charge in [0, 0.05) is 61.9 Å². The number of hydrogen-bond donors (Lipinski definition) is 9. The topological polar surface area (TPSA) is 353 Å². The van der Waals surface area contributed by atoms with Gasteiger partial charge in [-0.2, -0.15) is 11.8 Å². The lowest BCUT2D eigenvalue weighted by Gasteiger charge is -2.26. The molecular weight excluding hydrogens is 1350 g/mol. The van der Waals surface area contributed by atoms with E-state index in [2.05, 4.69) is 36.7 Å². The van der Waals surface area contributed by atoms with E-state index in [-0.39, 0.29) is 87.7 Å². The fraction of sp³-hybridized carbons (Fsp3) is 0.893. The second-order valence-corrected chi connectivity index (χ2v) is 31.4. The monoisotopic (exact) mass is 1510 g/mol. The molecule has 7 atom stereocenters. The summed E-state index contributed by atoms with van der Waals surface area (Å²) in [5.41, 5.74) is 23.2. The lowest BCUT2D eigenvalue weighted by atomic mass is 9.89. The van der Waals surface area contributed by atoms with E-state index < -0.39 is 96.2 Å². The van der Waals surface area contributed by atoms with E-state index in [0.717, 1.165) is 64.2 Å². The summed E-state index contributed by atoms with van der Waals surface area (Å²) in [6, 6.07) is -3.73. The van der Waals surface area contributed by atoms with Crippen LogP contribution >= 0.6 is 11.8 Å². The van der Waals surface area contributed by atoms with E-state index >= 15 is 0 Å². The van der Waals surface area contributed by atoms with Gasteiger partial charge in [-0.05, 0) is 110 Å². The van der Waals surface area contributed by atoms with Gasteiger partial charge >= 0.3 is 17.9 Å². The molecule has 3 amide bonds. The summed E-state index contributed by atoms with van der Waals surface area (Å²) in [5.74, 6) is -7.68. The smallest absolute Gasteiger partial charge is 0.326 e. The normalized spacial score (nSPS) is 13.5. The van der Waals surface area contributed by atoms with Crippen molar-refractivity contribution < 1.29 is 62.8 Å². The van der Waals surface area contributed by atoms with E-state index in [1.165, 1.54) is 179 Å². The maximum Gasteiger partial charge on any atom is 0.326 e. The zero-order valence-electron chi connectivity index (χ0n) is 67.1. The Balaban J connectivity index is 6.62. The Hall–Kier alpha value is -4.02. The summed E-state index contributed by atoms with van der Waals surface area (Å²) >= 11 is 1.29. The minimum Gasteiger partial charge on any atom is -0.480 e. The van der Waals surface area contributed by atoms with Gasteiger partial charge in [-0.25, -0.2) is 4.79 Å². The molecule has 21 heteroatoms. The highest BCUT2D eigenvalue weighted by atomic mass is 32.2. The van der Waals surface area contributed by atoms with Crippen LogP contribution in [0.2, 0.25) is 0 Å². The molecule has 614 valence electrons. The molecule has 0 aromatic carbocycles. The fourth-order valence-electron chi connectivity index (χ4n) is 13.6. The number of nitrogens with two attached hydrogens (primary N) is 4. The SMILES string of the molecule is CCCCCCCCCCCCCCCC(=O)C[C@@H](CSC[C@H](COC(=O)CCCCCCCCCCCCCCC)OC(=O)CCCCCCCCCCCCCCC)C(=O)N[C@@H](CO)C(=O)C[C@@H](CCCCN)C(=O)N[C@@H](CCCCN)C(=O)C[C@@H](CCCCN)C(=O)N[C@@H](CCCCN)C(=O)O. The Morgan fingerprint density at radius 2 is 0.657 bits per heavy atom. The van der Waals surface area contributed by atoms with Crippen LogP contribution < -0.4 is 38.9 Å². The second kappa shape index (κ2) is 74.1. The first-order chi connectivity index (χ1) is 51.0. The van der Waals surface area contributed by atoms with Crippen molar-refractivity contribution in [3.05, 3.63) is 0 Å². The van der Waals surface area contributed by atoms with Crippen LogP contribution in [-0.4, -0.2) is 138 Å². The van der Waals surface area contributed by atoms with Gasteiger partial charge in [0.2, 0.25) is 17.7 Å². The van der Waals surface area contributed by atoms with Crippen LogP contribution in [0, 0.1) is 17.8 Å². The molecule has 13 N–H and O–H groups in total. The molecule has 0 aliphatic rings. The summed E-state index contributed by atoms with van der Waals surface area (Å²) in [6.45, 7) is 7.09. The highest BCUT2D eigenvalue weighted by molar-refractivity contribution is 7.99. The number of nitrogens with one attached hydrogen (secondary N) is 3. The number of aliphatic hydroxyl groups excluding tert-OH is 1. The third-order valence-corrected chi connectivity index (χ3v) is 21.7. The first kappa shape index (κ1) is 101. The average Bonchev–Trinajstić information content (AvgIpc) is 0.864. The van der Waals surface area contributed by atoms with Crippen molar-refractivity contribution in [2.24, 2.45) is 40.7 Å². The van der Waals surface area contributed by atoms with Crippen molar-refractivity contribution in [2.45, 2.75) is 411 Å². The number of Topliss-reactive ketones (excluding diaryl/α,β-unsaturated/α-hetero) is 3. The van der Waals surface area contributed by atoms with Crippen molar-refractivity contribution >= 4 is 64.7 Å². The van der Waals surface area contributed by atoms with Crippen molar-refractivity contribution in [3.8, 4) is 0 Å². The molecule has 0 unspecified atom stereocenters. The predicted octanol–water partition coefficient (Wildman–Crippen LogP) is 16.4. The molecule has 0 heterocycles. The first-order valence-corrected chi connectivity index (χ1v) is 44.3. The minimum absolute atomic E-state index is 0.0799. The highest BCUT2D eigenvalue weighted by Crippen LogP contribution is 2.24. The molecule has 0 bridgehead atoms. The number of aliphatic carboxylic acids is 1. The van der Waals surface area contributed by atoms with Crippen LogP contribution in [0.5, 0.6) is 0 Å². The number of rotatable bonds is 81. The van der Waals surface area contributed by atoms with Crippen LogP contribution in [0.4, 0.5) is 0 Å². The number of unbranched alkanes of at least 4 members (excludes halogenated alkanes) is 40. The van der Waals surface area contributed by atoms with Gasteiger partial charge in [-0.1, -0.05) is 265 Å². The molecule has 0 aliphatic heterocycles.